The monoisotopic (exact) mass is 237 g/mol. The van der Waals surface area contributed by atoms with Crippen LogP contribution in [0.1, 0.15) is 15.9 Å². The molecule has 4 heteroatoms. The molecule has 1 aliphatic heterocycles. The maximum absolute atomic E-state index is 12.0. The topological polar surface area (TPSA) is 46.7 Å². The molecule has 0 fully saturated rings. The lowest BCUT2D eigenvalue weighted by atomic mass is 10.1. The fourth-order valence-electron chi connectivity index (χ4n) is 1.90. The molecule has 0 aliphatic carbocycles. The fraction of sp³-hybridized carbons (Fsp3) is 0.0714. The average Bonchev–Trinajstić information content (AvgIpc) is 2.97. The summed E-state index contributed by atoms with van der Waals surface area (Å²) in [6.45, 7) is 0. The number of amides is 1. The van der Waals surface area contributed by atoms with Crippen molar-refractivity contribution in [2.24, 2.45) is 17.0 Å². The summed E-state index contributed by atoms with van der Waals surface area (Å²) in [6, 6.07) is 9.40. The molecule has 1 aromatic heterocycles. The molecule has 2 aromatic rings. The molecule has 3 rings (SSSR count). The number of rotatable bonds is 1. The lowest BCUT2D eigenvalue weighted by Crippen LogP contribution is -2.03. The highest BCUT2D eigenvalue weighted by Crippen LogP contribution is 2.23. The van der Waals surface area contributed by atoms with Crippen LogP contribution in [0.15, 0.2) is 52.7 Å². The van der Waals surface area contributed by atoms with Gasteiger partial charge in [0.1, 0.15) is 0 Å². The summed E-state index contributed by atoms with van der Waals surface area (Å²) in [5, 5.41) is 0. The molecule has 1 aliphatic rings. The van der Waals surface area contributed by atoms with E-state index in [4.69, 9.17) is 0 Å². The number of carbonyl (C=O) groups is 1. The third kappa shape index (κ3) is 1.78. The van der Waals surface area contributed by atoms with Gasteiger partial charge in [0.05, 0.1) is 23.2 Å². The van der Waals surface area contributed by atoms with Crippen LogP contribution < -0.4 is 0 Å². The van der Waals surface area contributed by atoms with Gasteiger partial charge in [0.15, 0.2) is 0 Å². The van der Waals surface area contributed by atoms with Gasteiger partial charge in [-0.2, -0.15) is 0 Å². The molecule has 1 amide bonds. The minimum atomic E-state index is -0.242. The first-order chi connectivity index (χ1) is 8.74. The molecule has 88 valence electrons. The van der Waals surface area contributed by atoms with Crippen LogP contribution in [0.2, 0.25) is 0 Å². The lowest BCUT2D eigenvalue weighted by molar-refractivity contribution is 0.100. The fourth-order valence-corrected chi connectivity index (χ4v) is 1.90. The Bertz CT molecular complexity index is 680. The minimum Gasteiger partial charge on any atom is -0.356 e. The zero-order chi connectivity index (χ0) is 12.5. The van der Waals surface area contributed by atoms with E-state index in [1.54, 1.807) is 18.5 Å². The van der Waals surface area contributed by atoms with Crippen molar-refractivity contribution in [2.75, 3.05) is 0 Å². The number of aliphatic imine (C=N–C) groups is 2. The summed E-state index contributed by atoms with van der Waals surface area (Å²) in [7, 11) is 1.87. The van der Waals surface area contributed by atoms with Crippen LogP contribution in [0.25, 0.3) is 0 Å². The molecule has 0 spiro atoms. The predicted molar refractivity (Wildman–Crippen MR) is 70.9 cm³/mol. The quantitative estimate of drug-likeness (QED) is 0.751. The summed E-state index contributed by atoms with van der Waals surface area (Å²) >= 11 is 0. The van der Waals surface area contributed by atoms with Gasteiger partial charge in [-0.25, -0.2) is 4.99 Å². The highest BCUT2D eigenvalue weighted by Gasteiger charge is 2.15. The predicted octanol–water partition coefficient (Wildman–Crippen LogP) is 2.37. The third-order valence-corrected chi connectivity index (χ3v) is 2.81. The third-order valence-electron chi connectivity index (χ3n) is 2.81. The second kappa shape index (κ2) is 4.07. The first kappa shape index (κ1) is 10.7. The number of fused-ring (bicyclic) bond motifs is 1. The molecule has 0 unspecified atom stereocenters. The summed E-state index contributed by atoms with van der Waals surface area (Å²) in [6.07, 6.45) is 5.21. The Hall–Kier alpha value is -2.49. The van der Waals surface area contributed by atoms with Gasteiger partial charge in [0, 0.05) is 25.0 Å². The van der Waals surface area contributed by atoms with Gasteiger partial charge in [-0.05, 0) is 12.1 Å². The van der Waals surface area contributed by atoms with E-state index in [0.29, 0.717) is 11.3 Å². The number of carbonyl (C=O) groups excluding carboxylic acids is 1. The molecule has 0 radical (unpaired) electrons. The molecule has 18 heavy (non-hydrogen) atoms. The van der Waals surface area contributed by atoms with E-state index in [1.165, 1.54) is 0 Å². The van der Waals surface area contributed by atoms with E-state index >= 15 is 0 Å². The largest absolute Gasteiger partial charge is 0.356 e. The number of nitrogens with zero attached hydrogens (tertiary/aromatic N) is 3. The average molecular weight is 237 g/mol. The van der Waals surface area contributed by atoms with Crippen LogP contribution in [-0.2, 0) is 7.05 Å². The Morgan fingerprint density at radius 1 is 1.28 bits per heavy atom. The van der Waals surface area contributed by atoms with Gasteiger partial charge in [-0.3, -0.25) is 9.79 Å². The standard InChI is InChI=1S/C14H11N3O/c1-17-7-6-10(9-17)14(18)16-13-8-15-12-5-3-2-4-11(12)13/h2-9H,1H3/b16-13+. The van der Waals surface area contributed by atoms with Crippen molar-refractivity contribution in [3.05, 3.63) is 53.9 Å². The van der Waals surface area contributed by atoms with Crippen molar-refractivity contribution in [3.63, 3.8) is 0 Å². The number of hydrogen-bond donors (Lipinski definition) is 0. The number of hydrogen-bond acceptors (Lipinski definition) is 2. The van der Waals surface area contributed by atoms with Crippen LogP contribution in [0.3, 0.4) is 0 Å². The van der Waals surface area contributed by atoms with Crippen LogP contribution >= 0.6 is 0 Å². The van der Waals surface area contributed by atoms with E-state index in [0.717, 1.165) is 11.3 Å². The van der Waals surface area contributed by atoms with E-state index in [1.807, 2.05) is 42.1 Å². The zero-order valence-electron chi connectivity index (χ0n) is 9.87. The first-order valence-corrected chi connectivity index (χ1v) is 5.62. The Morgan fingerprint density at radius 2 is 2.11 bits per heavy atom. The second-order valence-corrected chi connectivity index (χ2v) is 4.14. The Balaban J connectivity index is 1.95. The molecular weight excluding hydrogens is 226 g/mol. The van der Waals surface area contributed by atoms with Crippen LogP contribution in [0.4, 0.5) is 5.69 Å². The molecule has 2 heterocycles. The van der Waals surface area contributed by atoms with E-state index < -0.39 is 0 Å². The van der Waals surface area contributed by atoms with Gasteiger partial charge < -0.3 is 4.57 Å². The molecule has 0 bridgehead atoms. The molecule has 0 saturated carbocycles. The Morgan fingerprint density at radius 3 is 2.89 bits per heavy atom. The zero-order valence-corrected chi connectivity index (χ0v) is 9.87. The van der Waals surface area contributed by atoms with Gasteiger partial charge >= 0.3 is 0 Å². The van der Waals surface area contributed by atoms with Crippen LogP contribution in [0, 0.1) is 0 Å². The summed E-state index contributed by atoms with van der Waals surface area (Å²) in [4.78, 5) is 20.3. The molecular formula is C14H11N3O. The number of aromatic nitrogens is 1. The maximum Gasteiger partial charge on any atom is 0.279 e. The lowest BCUT2D eigenvalue weighted by Gasteiger charge is -1.97. The molecule has 0 N–H and O–H groups in total. The van der Waals surface area contributed by atoms with Gasteiger partial charge in [0.2, 0.25) is 0 Å². The van der Waals surface area contributed by atoms with Crippen molar-refractivity contribution in [1.29, 1.82) is 0 Å². The number of benzene rings is 1. The first-order valence-electron chi connectivity index (χ1n) is 5.62. The minimum absolute atomic E-state index is 0.242. The van der Waals surface area contributed by atoms with E-state index in [9.17, 15) is 4.79 Å². The summed E-state index contributed by atoms with van der Waals surface area (Å²) in [5.41, 5.74) is 2.97. The SMILES string of the molecule is Cn1ccc(C(=O)/N=C2\C=Nc3ccccc32)c1. The highest BCUT2D eigenvalue weighted by molar-refractivity contribution is 6.44. The summed E-state index contributed by atoms with van der Waals surface area (Å²) in [5.74, 6) is -0.242. The molecule has 0 atom stereocenters. The van der Waals surface area contributed by atoms with Gasteiger partial charge in [-0.1, -0.05) is 18.2 Å². The maximum atomic E-state index is 12.0. The smallest absolute Gasteiger partial charge is 0.279 e. The van der Waals surface area contributed by atoms with Crippen molar-refractivity contribution in [1.82, 2.24) is 4.57 Å². The molecule has 4 nitrogen and oxygen atoms in total. The number of aryl methyl sites for hydroxylation is 1. The molecule has 1 aromatic carbocycles. The number of para-hydroxylation sites is 1. The van der Waals surface area contributed by atoms with Crippen LogP contribution in [-0.4, -0.2) is 22.4 Å². The second-order valence-electron chi connectivity index (χ2n) is 4.14. The highest BCUT2D eigenvalue weighted by atomic mass is 16.1. The van der Waals surface area contributed by atoms with Crippen molar-refractivity contribution < 1.29 is 4.79 Å². The van der Waals surface area contributed by atoms with Crippen molar-refractivity contribution >= 4 is 23.5 Å². The normalized spacial score (nSPS) is 15.1. The van der Waals surface area contributed by atoms with Crippen LogP contribution in [0.5, 0.6) is 0 Å². The Kier molecular flexibility index (Phi) is 2.41. The van der Waals surface area contributed by atoms with Crippen molar-refractivity contribution in [2.45, 2.75) is 0 Å². The van der Waals surface area contributed by atoms with E-state index in [2.05, 4.69) is 9.98 Å². The van der Waals surface area contributed by atoms with Gasteiger partial charge in [0.25, 0.3) is 5.91 Å². The Labute approximate surface area is 104 Å². The van der Waals surface area contributed by atoms with Crippen molar-refractivity contribution in [3.8, 4) is 0 Å². The molecule has 0 saturated heterocycles. The van der Waals surface area contributed by atoms with E-state index in [-0.39, 0.29) is 5.91 Å². The van der Waals surface area contributed by atoms with Gasteiger partial charge in [-0.15, -0.1) is 0 Å². The summed E-state index contributed by atoms with van der Waals surface area (Å²) < 4.78 is 1.82.